The topological polar surface area (TPSA) is 53.6 Å². The summed E-state index contributed by atoms with van der Waals surface area (Å²) in [6, 6.07) is 7.60. The number of benzene rings is 1. The average molecular weight is 418 g/mol. The molecule has 1 aromatic carbocycles. The lowest BCUT2D eigenvalue weighted by Crippen LogP contribution is -2.59. The molecule has 7 heteroatoms. The van der Waals surface area contributed by atoms with E-state index in [9.17, 15) is 4.79 Å². The summed E-state index contributed by atoms with van der Waals surface area (Å²) in [4.78, 5) is 16.6. The molecule has 2 N–H and O–H groups in total. The van der Waals surface area contributed by atoms with Crippen molar-refractivity contribution in [3.05, 3.63) is 50.7 Å². The zero-order valence-electron chi connectivity index (χ0n) is 15.9. The predicted molar refractivity (Wildman–Crippen MR) is 112 cm³/mol. The Morgan fingerprint density at radius 1 is 1.25 bits per heavy atom. The first kappa shape index (κ1) is 18.4. The van der Waals surface area contributed by atoms with Crippen molar-refractivity contribution in [2.75, 3.05) is 25.0 Å². The van der Waals surface area contributed by atoms with Crippen molar-refractivity contribution in [1.82, 2.24) is 10.2 Å². The summed E-state index contributed by atoms with van der Waals surface area (Å²) in [6.07, 6.45) is 2.77. The quantitative estimate of drug-likeness (QED) is 0.775. The monoisotopic (exact) mass is 417 g/mol. The molecule has 5 rings (SSSR count). The second kappa shape index (κ2) is 6.73. The van der Waals surface area contributed by atoms with Crippen LogP contribution in [0.15, 0.2) is 29.6 Å². The maximum absolute atomic E-state index is 12.7. The number of thiophene rings is 1. The zero-order chi connectivity index (χ0) is 19.4. The van der Waals surface area contributed by atoms with Crippen molar-refractivity contribution in [1.29, 1.82) is 0 Å². The fourth-order valence-corrected chi connectivity index (χ4v) is 5.80. The summed E-state index contributed by atoms with van der Waals surface area (Å²) in [5, 5.41) is 9.42. The molecule has 1 amide bonds. The van der Waals surface area contributed by atoms with Gasteiger partial charge in [0.1, 0.15) is 5.66 Å². The second-order valence-corrected chi connectivity index (χ2v) is 9.74. The summed E-state index contributed by atoms with van der Waals surface area (Å²) in [5.74, 6) is -0.0810. The van der Waals surface area contributed by atoms with Crippen molar-refractivity contribution in [3.63, 3.8) is 0 Å². The molecule has 1 unspecified atom stereocenters. The van der Waals surface area contributed by atoms with Gasteiger partial charge in [0.05, 0.1) is 17.8 Å². The first-order chi connectivity index (χ1) is 13.5. The van der Waals surface area contributed by atoms with E-state index >= 15 is 0 Å². The number of ether oxygens (including phenoxy) is 1. The number of nitrogens with zero attached hydrogens (tertiary/aromatic N) is 1. The standard InChI is InChI=1S/C21H24ClN3O2S/c1-14-4-9-28-18(14)11-25-7-5-20(6-8-25)12-21(13-27-20)23-17-3-2-15(22)10-16(17)19(26)24-21/h2-4,9-10,23H,5-8,11-13H2,1H3,(H,24,26). The van der Waals surface area contributed by atoms with Crippen molar-refractivity contribution < 1.29 is 9.53 Å². The normalized spacial score (nSPS) is 26.3. The first-order valence-electron chi connectivity index (χ1n) is 9.76. The number of aryl methyl sites for hydroxylation is 1. The summed E-state index contributed by atoms with van der Waals surface area (Å²) in [5.41, 5.74) is 2.13. The summed E-state index contributed by atoms with van der Waals surface area (Å²) < 4.78 is 6.34. The highest BCUT2D eigenvalue weighted by molar-refractivity contribution is 7.10. The van der Waals surface area contributed by atoms with E-state index < -0.39 is 5.66 Å². The van der Waals surface area contributed by atoms with Gasteiger partial charge < -0.3 is 15.4 Å². The van der Waals surface area contributed by atoms with Gasteiger partial charge in [-0.25, -0.2) is 0 Å². The average Bonchev–Trinajstić information content (AvgIpc) is 3.22. The molecule has 0 saturated carbocycles. The smallest absolute Gasteiger partial charge is 0.255 e. The van der Waals surface area contributed by atoms with Crippen LogP contribution >= 0.6 is 22.9 Å². The minimum Gasteiger partial charge on any atom is -0.370 e. The Balaban J connectivity index is 1.27. The number of likely N-dealkylation sites (tertiary alicyclic amines) is 1. The molecule has 0 radical (unpaired) electrons. The van der Waals surface area contributed by atoms with Gasteiger partial charge in [-0.15, -0.1) is 11.3 Å². The molecule has 3 aliphatic rings. The largest absolute Gasteiger partial charge is 0.370 e. The van der Waals surface area contributed by atoms with Crippen LogP contribution in [-0.2, 0) is 11.3 Å². The highest BCUT2D eigenvalue weighted by Crippen LogP contribution is 2.43. The number of hydrogen-bond acceptors (Lipinski definition) is 5. The third kappa shape index (κ3) is 3.22. The van der Waals surface area contributed by atoms with Crippen LogP contribution in [0.2, 0.25) is 5.02 Å². The number of fused-ring (bicyclic) bond motifs is 1. The molecule has 5 nitrogen and oxygen atoms in total. The third-order valence-corrected chi connectivity index (χ3v) is 7.55. The van der Waals surface area contributed by atoms with Crippen molar-refractivity contribution in [2.45, 2.75) is 44.0 Å². The van der Waals surface area contributed by atoms with Crippen molar-refractivity contribution >= 4 is 34.5 Å². The predicted octanol–water partition coefficient (Wildman–Crippen LogP) is 4.02. The summed E-state index contributed by atoms with van der Waals surface area (Å²) >= 11 is 7.89. The van der Waals surface area contributed by atoms with E-state index in [-0.39, 0.29) is 11.5 Å². The number of amides is 1. The molecule has 3 aliphatic heterocycles. The molecule has 0 aliphatic carbocycles. The zero-order valence-corrected chi connectivity index (χ0v) is 17.5. The van der Waals surface area contributed by atoms with Crippen LogP contribution < -0.4 is 10.6 Å². The Morgan fingerprint density at radius 3 is 2.82 bits per heavy atom. The fraction of sp³-hybridized carbons (Fsp3) is 0.476. The fourth-order valence-electron chi connectivity index (χ4n) is 4.68. The van der Waals surface area contributed by atoms with Gasteiger partial charge in [-0.2, -0.15) is 0 Å². The minimum absolute atomic E-state index is 0.0810. The van der Waals surface area contributed by atoms with E-state index in [1.165, 1.54) is 10.4 Å². The summed E-state index contributed by atoms with van der Waals surface area (Å²) in [6.45, 7) is 5.74. The van der Waals surface area contributed by atoms with E-state index in [2.05, 4.69) is 33.9 Å². The minimum atomic E-state index is -0.523. The number of anilines is 1. The molecule has 2 saturated heterocycles. The van der Waals surface area contributed by atoms with Crippen LogP contribution in [0.5, 0.6) is 0 Å². The summed E-state index contributed by atoms with van der Waals surface area (Å²) in [7, 11) is 0. The van der Waals surface area contributed by atoms with Crippen LogP contribution in [-0.4, -0.2) is 41.8 Å². The molecule has 4 heterocycles. The Morgan fingerprint density at radius 2 is 2.07 bits per heavy atom. The number of hydrogen-bond donors (Lipinski definition) is 2. The van der Waals surface area contributed by atoms with Crippen LogP contribution in [0.1, 0.15) is 40.1 Å². The molecule has 0 bridgehead atoms. The Kier molecular flexibility index (Phi) is 4.43. The van der Waals surface area contributed by atoms with Crippen molar-refractivity contribution in [3.8, 4) is 0 Å². The molecule has 28 heavy (non-hydrogen) atoms. The number of piperidine rings is 1. The lowest BCUT2D eigenvalue weighted by atomic mass is 9.84. The Bertz CT molecular complexity index is 922. The number of carbonyl (C=O) groups excluding carboxylic acids is 1. The lowest BCUT2D eigenvalue weighted by Gasteiger charge is -2.41. The molecule has 2 spiro atoms. The van der Waals surface area contributed by atoms with E-state index in [1.54, 1.807) is 6.07 Å². The number of halogens is 1. The molecular formula is C21H24ClN3O2S. The third-order valence-electron chi connectivity index (χ3n) is 6.30. The SMILES string of the molecule is Cc1ccsc1CN1CCC2(CC1)CC1(CO2)NC(=O)c2cc(Cl)ccc2N1. The molecule has 148 valence electrons. The first-order valence-corrected chi connectivity index (χ1v) is 11.0. The van der Waals surface area contributed by atoms with Crippen LogP contribution in [0, 0.1) is 6.92 Å². The molecule has 1 atom stereocenters. The van der Waals surface area contributed by atoms with Crippen LogP contribution in [0.25, 0.3) is 0 Å². The van der Waals surface area contributed by atoms with E-state index in [0.717, 1.165) is 44.6 Å². The maximum atomic E-state index is 12.7. The van der Waals surface area contributed by atoms with Gasteiger partial charge in [-0.1, -0.05) is 11.6 Å². The lowest BCUT2D eigenvalue weighted by molar-refractivity contribution is -0.0451. The number of carbonyl (C=O) groups is 1. The second-order valence-electron chi connectivity index (χ2n) is 8.30. The highest BCUT2D eigenvalue weighted by Gasteiger charge is 2.53. The van der Waals surface area contributed by atoms with E-state index in [4.69, 9.17) is 16.3 Å². The van der Waals surface area contributed by atoms with Crippen LogP contribution in [0.3, 0.4) is 0 Å². The van der Waals surface area contributed by atoms with E-state index in [1.807, 2.05) is 23.5 Å². The Labute approximate surface area is 174 Å². The van der Waals surface area contributed by atoms with Gasteiger partial charge in [-0.3, -0.25) is 9.69 Å². The van der Waals surface area contributed by atoms with Gasteiger partial charge in [-0.05, 0) is 55.0 Å². The van der Waals surface area contributed by atoms with E-state index in [0.29, 0.717) is 17.2 Å². The Hall–Kier alpha value is -1.60. The maximum Gasteiger partial charge on any atom is 0.255 e. The molecule has 1 aromatic heterocycles. The molecular weight excluding hydrogens is 394 g/mol. The van der Waals surface area contributed by atoms with Gasteiger partial charge >= 0.3 is 0 Å². The molecule has 2 fully saturated rings. The van der Waals surface area contributed by atoms with Gasteiger partial charge in [0, 0.05) is 41.6 Å². The highest BCUT2D eigenvalue weighted by atomic mass is 35.5. The van der Waals surface area contributed by atoms with Crippen LogP contribution in [0.4, 0.5) is 5.69 Å². The van der Waals surface area contributed by atoms with Gasteiger partial charge in [0.2, 0.25) is 0 Å². The van der Waals surface area contributed by atoms with Gasteiger partial charge in [0.25, 0.3) is 5.91 Å². The number of nitrogens with one attached hydrogen (secondary N) is 2. The van der Waals surface area contributed by atoms with Gasteiger partial charge in [0.15, 0.2) is 0 Å². The number of rotatable bonds is 2. The molecule has 2 aromatic rings. The van der Waals surface area contributed by atoms with Crippen molar-refractivity contribution in [2.24, 2.45) is 0 Å².